The first-order chi connectivity index (χ1) is 10.5. The van der Waals surface area contributed by atoms with Crippen molar-refractivity contribution in [1.82, 2.24) is 14.5 Å². The molecular formula is C15H17N3O4. The van der Waals surface area contributed by atoms with Crippen molar-refractivity contribution in [2.45, 2.75) is 19.9 Å². The number of aryl methyl sites for hydroxylation is 1. The average molecular weight is 303 g/mol. The number of hydrogen-bond acceptors (Lipinski definition) is 4. The van der Waals surface area contributed by atoms with E-state index in [1.165, 1.54) is 15.8 Å². The quantitative estimate of drug-likeness (QED) is 0.849. The molecule has 0 bridgehead atoms. The molecule has 2 aromatic rings. The number of carbonyl (C=O) groups excluding carboxylic acids is 1. The molecule has 0 saturated heterocycles. The molecule has 0 saturated carbocycles. The van der Waals surface area contributed by atoms with E-state index in [1.807, 2.05) is 0 Å². The van der Waals surface area contributed by atoms with Crippen molar-refractivity contribution in [3.8, 4) is 0 Å². The molecule has 0 aliphatic rings. The molecule has 0 unspecified atom stereocenters. The molecule has 1 aromatic carbocycles. The molecule has 1 N–H and O–H groups in total. The summed E-state index contributed by atoms with van der Waals surface area (Å²) in [5, 5.41) is 9.25. The number of rotatable bonds is 6. The van der Waals surface area contributed by atoms with Gasteiger partial charge in [0.1, 0.15) is 6.54 Å². The molecule has 0 radical (unpaired) electrons. The highest BCUT2D eigenvalue weighted by atomic mass is 16.4. The zero-order chi connectivity index (χ0) is 16.1. The number of fused-ring (bicyclic) bond motifs is 1. The number of carbonyl (C=O) groups is 2. The van der Waals surface area contributed by atoms with Gasteiger partial charge >= 0.3 is 5.97 Å². The van der Waals surface area contributed by atoms with Gasteiger partial charge in [0.2, 0.25) is 5.91 Å². The number of likely N-dealkylation sites (N-methyl/N-ethyl adjacent to an activating group) is 1. The van der Waals surface area contributed by atoms with Gasteiger partial charge in [-0.3, -0.25) is 19.0 Å². The number of aromatic nitrogens is 2. The summed E-state index contributed by atoms with van der Waals surface area (Å²) in [6, 6.07) is 6.99. The average Bonchev–Trinajstić information content (AvgIpc) is 2.51. The first-order valence-corrected chi connectivity index (χ1v) is 6.96. The fraction of sp³-hybridized carbons (Fsp3) is 0.333. The number of carboxylic acids is 1. The highest BCUT2D eigenvalue weighted by molar-refractivity contribution is 5.81. The lowest BCUT2D eigenvalue weighted by molar-refractivity contribution is -0.144. The van der Waals surface area contributed by atoms with E-state index in [4.69, 9.17) is 5.11 Å². The second-order valence-electron chi connectivity index (χ2n) is 4.81. The van der Waals surface area contributed by atoms with Gasteiger partial charge in [-0.15, -0.1) is 0 Å². The summed E-state index contributed by atoms with van der Waals surface area (Å²) in [7, 11) is 0. The van der Waals surface area contributed by atoms with Gasteiger partial charge in [0, 0.05) is 19.5 Å². The molecule has 1 aromatic heterocycles. The van der Waals surface area contributed by atoms with Gasteiger partial charge in [-0.25, -0.2) is 4.98 Å². The number of carboxylic acid groups (broad SMARTS) is 1. The van der Waals surface area contributed by atoms with Gasteiger partial charge in [0.05, 0.1) is 17.2 Å². The zero-order valence-electron chi connectivity index (χ0n) is 12.2. The number of hydrogen-bond donors (Lipinski definition) is 1. The van der Waals surface area contributed by atoms with E-state index in [0.29, 0.717) is 17.4 Å². The molecule has 0 spiro atoms. The van der Waals surface area contributed by atoms with Gasteiger partial charge in [-0.2, -0.15) is 0 Å². The first-order valence-electron chi connectivity index (χ1n) is 6.96. The predicted octanol–water partition coefficient (Wildman–Crippen LogP) is 0.720. The van der Waals surface area contributed by atoms with E-state index < -0.39 is 5.97 Å². The van der Waals surface area contributed by atoms with Gasteiger partial charge in [-0.05, 0) is 19.1 Å². The minimum atomic E-state index is -1.06. The van der Waals surface area contributed by atoms with Crippen LogP contribution in [-0.4, -0.2) is 44.5 Å². The maximum Gasteiger partial charge on any atom is 0.323 e. The monoisotopic (exact) mass is 303 g/mol. The van der Waals surface area contributed by atoms with Crippen LogP contribution < -0.4 is 5.56 Å². The Hall–Kier alpha value is -2.70. The number of aliphatic carboxylic acids is 1. The van der Waals surface area contributed by atoms with Crippen LogP contribution in [0.15, 0.2) is 35.4 Å². The Morgan fingerprint density at radius 1 is 1.32 bits per heavy atom. The van der Waals surface area contributed by atoms with E-state index in [0.717, 1.165) is 0 Å². The fourth-order valence-electron chi connectivity index (χ4n) is 2.18. The summed E-state index contributed by atoms with van der Waals surface area (Å²) in [5.41, 5.74) is 0.399. The summed E-state index contributed by atoms with van der Waals surface area (Å²) in [6.45, 7) is 1.87. The molecule has 116 valence electrons. The predicted molar refractivity (Wildman–Crippen MR) is 80.5 cm³/mol. The van der Waals surface area contributed by atoms with E-state index in [9.17, 15) is 14.4 Å². The second kappa shape index (κ2) is 6.84. The molecule has 0 aliphatic carbocycles. The van der Waals surface area contributed by atoms with Crippen LogP contribution in [0.3, 0.4) is 0 Å². The number of para-hydroxylation sites is 1. The summed E-state index contributed by atoms with van der Waals surface area (Å²) >= 11 is 0. The molecule has 1 heterocycles. The van der Waals surface area contributed by atoms with Crippen molar-refractivity contribution < 1.29 is 14.7 Å². The van der Waals surface area contributed by atoms with Crippen LogP contribution in [0.1, 0.15) is 13.3 Å². The number of amides is 1. The van der Waals surface area contributed by atoms with Crippen molar-refractivity contribution in [3.63, 3.8) is 0 Å². The van der Waals surface area contributed by atoms with Crippen LogP contribution in [-0.2, 0) is 16.1 Å². The smallest absolute Gasteiger partial charge is 0.323 e. The Morgan fingerprint density at radius 2 is 2.05 bits per heavy atom. The van der Waals surface area contributed by atoms with Crippen LogP contribution in [0.25, 0.3) is 10.9 Å². The van der Waals surface area contributed by atoms with Crippen molar-refractivity contribution in [1.29, 1.82) is 0 Å². The zero-order valence-corrected chi connectivity index (χ0v) is 12.2. The lowest BCUT2D eigenvalue weighted by Gasteiger charge is -2.18. The van der Waals surface area contributed by atoms with Crippen LogP contribution >= 0.6 is 0 Å². The van der Waals surface area contributed by atoms with E-state index in [2.05, 4.69) is 4.98 Å². The Kier molecular flexibility index (Phi) is 4.88. The first kappa shape index (κ1) is 15.7. The third-order valence-corrected chi connectivity index (χ3v) is 3.36. The SMILES string of the molecule is CCN(CC(=O)O)C(=O)CCn1cnc2ccccc2c1=O. The van der Waals surface area contributed by atoms with Crippen molar-refractivity contribution in [2.24, 2.45) is 0 Å². The normalized spacial score (nSPS) is 10.6. The molecule has 0 atom stereocenters. The highest BCUT2D eigenvalue weighted by Gasteiger charge is 2.15. The minimum Gasteiger partial charge on any atom is -0.480 e. The molecule has 7 heteroatoms. The van der Waals surface area contributed by atoms with E-state index >= 15 is 0 Å². The van der Waals surface area contributed by atoms with Crippen LogP contribution in [0.2, 0.25) is 0 Å². The Labute approximate surface area is 126 Å². The lowest BCUT2D eigenvalue weighted by atomic mass is 10.2. The summed E-state index contributed by atoms with van der Waals surface area (Å²) < 4.78 is 1.37. The maximum absolute atomic E-state index is 12.3. The Balaban J connectivity index is 2.11. The lowest BCUT2D eigenvalue weighted by Crippen LogP contribution is -2.36. The van der Waals surface area contributed by atoms with Crippen molar-refractivity contribution in [3.05, 3.63) is 40.9 Å². The van der Waals surface area contributed by atoms with Crippen LogP contribution in [0, 0.1) is 0 Å². The second-order valence-corrected chi connectivity index (χ2v) is 4.81. The largest absolute Gasteiger partial charge is 0.480 e. The van der Waals surface area contributed by atoms with Gasteiger partial charge in [0.25, 0.3) is 5.56 Å². The van der Waals surface area contributed by atoms with Gasteiger partial charge in [0.15, 0.2) is 0 Å². The van der Waals surface area contributed by atoms with E-state index in [1.54, 1.807) is 31.2 Å². The summed E-state index contributed by atoms with van der Waals surface area (Å²) in [6.07, 6.45) is 1.46. The standard InChI is InChI=1S/C15H17N3O4/c1-2-17(9-14(20)21)13(19)7-8-18-10-16-12-6-4-3-5-11(12)15(18)22/h3-6,10H,2,7-9H2,1H3,(H,20,21). The maximum atomic E-state index is 12.3. The van der Waals surface area contributed by atoms with Crippen LogP contribution in [0.4, 0.5) is 0 Å². The Morgan fingerprint density at radius 3 is 2.73 bits per heavy atom. The topological polar surface area (TPSA) is 92.5 Å². The molecule has 2 rings (SSSR count). The molecule has 0 fully saturated rings. The summed E-state index contributed by atoms with van der Waals surface area (Å²) in [5.74, 6) is -1.36. The molecule has 22 heavy (non-hydrogen) atoms. The number of nitrogens with zero attached hydrogens (tertiary/aromatic N) is 3. The van der Waals surface area contributed by atoms with Gasteiger partial charge < -0.3 is 10.0 Å². The van der Waals surface area contributed by atoms with Crippen molar-refractivity contribution >= 4 is 22.8 Å². The molecule has 7 nitrogen and oxygen atoms in total. The molecule has 0 aliphatic heterocycles. The van der Waals surface area contributed by atoms with E-state index in [-0.39, 0.29) is 31.0 Å². The Bertz CT molecular complexity index is 754. The minimum absolute atomic E-state index is 0.0566. The third kappa shape index (κ3) is 3.49. The number of benzene rings is 1. The molecular weight excluding hydrogens is 286 g/mol. The van der Waals surface area contributed by atoms with Crippen LogP contribution in [0.5, 0.6) is 0 Å². The fourth-order valence-corrected chi connectivity index (χ4v) is 2.18. The van der Waals surface area contributed by atoms with Crippen molar-refractivity contribution in [2.75, 3.05) is 13.1 Å². The molecule has 1 amide bonds. The van der Waals surface area contributed by atoms with Gasteiger partial charge in [-0.1, -0.05) is 12.1 Å². The highest BCUT2D eigenvalue weighted by Crippen LogP contribution is 2.05. The third-order valence-electron chi connectivity index (χ3n) is 3.36. The summed E-state index contributed by atoms with van der Waals surface area (Å²) in [4.78, 5) is 40.4.